The van der Waals surface area contributed by atoms with Crippen LogP contribution in [0.4, 0.5) is 4.39 Å². The second-order valence-electron chi connectivity index (χ2n) is 3.95. The molecule has 1 heterocycles. The Morgan fingerprint density at radius 3 is 3.06 bits per heavy atom. The average Bonchev–Trinajstić information content (AvgIpc) is 2.93. The Bertz CT molecular complexity index is 580. The largest absolute Gasteiger partial charge is 0.481 e. The van der Waals surface area contributed by atoms with Crippen molar-refractivity contribution >= 4 is 27.5 Å². The molecular formula is C11H8FNO2S. The highest BCUT2D eigenvalue weighted by Crippen LogP contribution is 2.49. The van der Waals surface area contributed by atoms with Gasteiger partial charge in [-0.1, -0.05) is 0 Å². The van der Waals surface area contributed by atoms with Crippen molar-refractivity contribution in [2.45, 2.75) is 12.3 Å². The monoisotopic (exact) mass is 237 g/mol. The molecule has 0 bridgehead atoms. The maximum atomic E-state index is 12.9. The fourth-order valence-corrected chi connectivity index (χ4v) is 2.94. The summed E-state index contributed by atoms with van der Waals surface area (Å²) in [6, 6.07) is 4.46. The number of carboxylic acid groups (broad SMARTS) is 1. The summed E-state index contributed by atoms with van der Waals surface area (Å²) < 4.78 is 13.8. The summed E-state index contributed by atoms with van der Waals surface area (Å²) in [6.45, 7) is 0. The number of aromatic nitrogens is 1. The van der Waals surface area contributed by atoms with Crippen molar-refractivity contribution in [1.82, 2.24) is 4.98 Å². The topological polar surface area (TPSA) is 50.2 Å². The first-order valence-electron chi connectivity index (χ1n) is 4.94. The van der Waals surface area contributed by atoms with Crippen LogP contribution >= 0.6 is 11.3 Å². The second-order valence-corrected chi connectivity index (χ2v) is 5.01. The van der Waals surface area contributed by atoms with Crippen LogP contribution in [0.25, 0.3) is 10.2 Å². The smallest absolute Gasteiger partial charge is 0.307 e. The zero-order chi connectivity index (χ0) is 11.3. The van der Waals surface area contributed by atoms with Gasteiger partial charge in [-0.2, -0.15) is 0 Å². The van der Waals surface area contributed by atoms with Crippen LogP contribution in [0.3, 0.4) is 0 Å². The van der Waals surface area contributed by atoms with Gasteiger partial charge >= 0.3 is 5.97 Å². The lowest BCUT2D eigenvalue weighted by Crippen LogP contribution is -1.98. The quantitative estimate of drug-likeness (QED) is 0.873. The number of fused-ring (bicyclic) bond motifs is 1. The molecule has 1 fully saturated rings. The number of aliphatic carboxylic acids is 1. The van der Waals surface area contributed by atoms with Crippen molar-refractivity contribution in [2.75, 3.05) is 0 Å². The van der Waals surface area contributed by atoms with Crippen molar-refractivity contribution in [3.8, 4) is 0 Å². The Morgan fingerprint density at radius 2 is 2.38 bits per heavy atom. The van der Waals surface area contributed by atoms with Gasteiger partial charge in [0.15, 0.2) is 0 Å². The lowest BCUT2D eigenvalue weighted by atomic mass is 10.3. The predicted octanol–water partition coefficient (Wildman–Crippen LogP) is 2.62. The van der Waals surface area contributed by atoms with Crippen LogP contribution in [0.2, 0.25) is 0 Å². The third-order valence-corrected chi connectivity index (χ3v) is 3.96. The number of thiazole rings is 1. The summed E-state index contributed by atoms with van der Waals surface area (Å²) in [4.78, 5) is 15.0. The summed E-state index contributed by atoms with van der Waals surface area (Å²) in [5, 5.41) is 9.63. The maximum Gasteiger partial charge on any atom is 0.307 e. The Kier molecular flexibility index (Phi) is 1.97. The summed E-state index contributed by atoms with van der Waals surface area (Å²) in [7, 11) is 0. The van der Waals surface area contributed by atoms with Gasteiger partial charge in [-0.05, 0) is 18.6 Å². The summed E-state index contributed by atoms with van der Waals surface area (Å²) in [5.41, 5.74) is 0.621. The number of nitrogens with zero attached hydrogens (tertiary/aromatic N) is 1. The van der Waals surface area contributed by atoms with Gasteiger partial charge in [0.25, 0.3) is 0 Å². The molecule has 1 aromatic heterocycles. The molecule has 2 aromatic rings. The standard InChI is InChI=1S/C11H8FNO2S/c12-5-1-2-9-8(3-5)13-10(16-9)6-4-7(6)11(14)15/h1-3,6-7H,4H2,(H,14,15). The third-order valence-electron chi connectivity index (χ3n) is 2.79. The molecule has 0 radical (unpaired) electrons. The highest BCUT2D eigenvalue weighted by molar-refractivity contribution is 7.18. The van der Waals surface area contributed by atoms with Crippen LogP contribution < -0.4 is 0 Å². The first-order chi connectivity index (χ1) is 7.65. The van der Waals surface area contributed by atoms with Crippen LogP contribution in [0, 0.1) is 11.7 Å². The number of hydrogen-bond donors (Lipinski definition) is 1. The van der Waals surface area contributed by atoms with Crippen LogP contribution in [0.15, 0.2) is 18.2 Å². The van der Waals surface area contributed by atoms with E-state index >= 15 is 0 Å². The van der Waals surface area contributed by atoms with Crippen LogP contribution in [-0.2, 0) is 4.79 Å². The number of benzene rings is 1. The highest BCUT2D eigenvalue weighted by Gasteiger charge is 2.46. The second kappa shape index (κ2) is 3.25. The molecule has 1 N–H and O–H groups in total. The van der Waals surface area contributed by atoms with E-state index in [4.69, 9.17) is 5.11 Å². The average molecular weight is 237 g/mol. The molecule has 1 aromatic carbocycles. The van der Waals surface area contributed by atoms with E-state index in [9.17, 15) is 9.18 Å². The van der Waals surface area contributed by atoms with E-state index < -0.39 is 5.97 Å². The molecule has 1 aliphatic carbocycles. The van der Waals surface area contributed by atoms with E-state index in [1.165, 1.54) is 23.5 Å². The van der Waals surface area contributed by atoms with E-state index in [0.717, 1.165) is 9.71 Å². The maximum absolute atomic E-state index is 12.9. The van der Waals surface area contributed by atoms with E-state index in [1.807, 2.05) is 0 Å². The zero-order valence-corrected chi connectivity index (χ0v) is 9.00. The summed E-state index contributed by atoms with van der Waals surface area (Å²) in [6.07, 6.45) is 0.650. The van der Waals surface area contributed by atoms with Crippen LogP contribution in [-0.4, -0.2) is 16.1 Å². The molecule has 2 unspecified atom stereocenters. The Balaban J connectivity index is 1.98. The van der Waals surface area contributed by atoms with Gasteiger partial charge < -0.3 is 5.11 Å². The number of hydrogen-bond acceptors (Lipinski definition) is 3. The molecule has 3 rings (SSSR count). The van der Waals surface area contributed by atoms with Gasteiger partial charge in [0.05, 0.1) is 21.1 Å². The fraction of sp³-hybridized carbons (Fsp3) is 0.273. The van der Waals surface area contributed by atoms with E-state index in [2.05, 4.69) is 4.98 Å². The van der Waals surface area contributed by atoms with E-state index in [-0.39, 0.29) is 17.7 Å². The molecule has 0 aliphatic heterocycles. The number of halogens is 1. The minimum Gasteiger partial charge on any atom is -0.481 e. The molecule has 1 saturated carbocycles. The van der Waals surface area contributed by atoms with Crippen molar-refractivity contribution in [2.24, 2.45) is 5.92 Å². The van der Waals surface area contributed by atoms with Crippen LogP contribution in [0.5, 0.6) is 0 Å². The van der Waals surface area contributed by atoms with Gasteiger partial charge in [0.1, 0.15) is 5.82 Å². The van der Waals surface area contributed by atoms with E-state index in [1.54, 1.807) is 6.07 Å². The molecule has 0 amide bonds. The summed E-state index contributed by atoms with van der Waals surface area (Å²) >= 11 is 1.46. The number of carboxylic acids is 1. The molecule has 0 saturated heterocycles. The van der Waals surface area contributed by atoms with Gasteiger partial charge in [0, 0.05) is 12.0 Å². The molecule has 16 heavy (non-hydrogen) atoms. The lowest BCUT2D eigenvalue weighted by Gasteiger charge is -1.88. The minimum absolute atomic E-state index is 0.0259. The molecule has 5 heteroatoms. The Labute approximate surface area is 94.5 Å². The number of rotatable bonds is 2. The van der Waals surface area contributed by atoms with Crippen molar-refractivity contribution in [3.05, 3.63) is 29.0 Å². The van der Waals surface area contributed by atoms with Gasteiger partial charge in [0.2, 0.25) is 0 Å². The number of carbonyl (C=O) groups is 1. The lowest BCUT2D eigenvalue weighted by molar-refractivity contribution is -0.138. The normalized spacial score (nSPS) is 23.6. The molecule has 0 spiro atoms. The summed E-state index contributed by atoms with van der Waals surface area (Å²) in [5.74, 6) is -1.35. The Hall–Kier alpha value is -1.49. The Morgan fingerprint density at radius 1 is 1.56 bits per heavy atom. The first-order valence-corrected chi connectivity index (χ1v) is 5.75. The van der Waals surface area contributed by atoms with Gasteiger partial charge in [-0.3, -0.25) is 4.79 Å². The van der Waals surface area contributed by atoms with Crippen molar-refractivity contribution < 1.29 is 14.3 Å². The third kappa shape index (κ3) is 1.48. The molecule has 82 valence electrons. The molecule has 2 atom stereocenters. The minimum atomic E-state index is -0.768. The van der Waals surface area contributed by atoms with Crippen molar-refractivity contribution in [1.29, 1.82) is 0 Å². The predicted molar refractivity (Wildman–Crippen MR) is 58.1 cm³/mol. The first kappa shape index (κ1) is 9.72. The fourth-order valence-electron chi connectivity index (χ4n) is 1.82. The zero-order valence-electron chi connectivity index (χ0n) is 8.18. The molecule has 3 nitrogen and oxygen atoms in total. The van der Waals surface area contributed by atoms with Crippen LogP contribution in [0.1, 0.15) is 17.3 Å². The molecule has 1 aliphatic rings. The van der Waals surface area contributed by atoms with Crippen molar-refractivity contribution in [3.63, 3.8) is 0 Å². The van der Waals surface area contributed by atoms with Gasteiger partial charge in [-0.15, -0.1) is 11.3 Å². The van der Waals surface area contributed by atoms with E-state index in [0.29, 0.717) is 11.9 Å². The molecular weight excluding hydrogens is 229 g/mol. The highest BCUT2D eigenvalue weighted by atomic mass is 32.1. The van der Waals surface area contributed by atoms with Gasteiger partial charge in [-0.25, -0.2) is 9.37 Å². The SMILES string of the molecule is O=C(O)C1CC1c1nc2cc(F)ccc2s1.